The summed E-state index contributed by atoms with van der Waals surface area (Å²) in [5.41, 5.74) is 2.63. The number of benzene rings is 1. The van der Waals surface area contributed by atoms with E-state index >= 15 is 0 Å². The number of aromatic nitrogens is 1. The van der Waals surface area contributed by atoms with Gasteiger partial charge in [-0.25, -0.2) is 0 Å². The summed E-state index contributed by atoms with van der Waals surface area (Å²) in [5, 5.41) is 2.75. The lowest BCUT2D eigenvalue weighted by atomic mass is 9.83. The number of hydrogen-bond donors (Lipinski definition) is 1. The number of nitrogens with one attached hydrogen (secondary N) is 1. The van der Waals surface area contributed by atoms with Crippen LogP contribution in [-0.2, 0) is 9.59 Å². The highest BCUT2D eigenvalue weighted by molar-refractivity contribution is 5.88. The summed E-state index contributed by atoms with van der Waals surface area (Å²) < 4.78 is 6.06. The van der Waals surface area contributed by atoms with Gasteiger partial charge in [-0.3, -0.25) is 14.6 Å². The first-order chi connectivity index (χ1) is 14.5. The number of pyridine rings is 1. The van der Waals surface area contributed by atoms with Gasteiger partial charge >= 0.3 is 0 Å². The van der Waals surface area contributed by atoms with Crippen LogP contribution in [-0.4, -0.2) is 34.8 Å². The summed E-state index contributed by atoms with van der Waals surface area (Å²) in [6, 6.07) is 11.2. The molecule has 1 aromatic heterocycles. The molecular weight excluding hydrogens is 378 g/mol. The number of piperidine rings is 1. The predicted molar refractivity (Wildman–Crippen MR) is 116 cm³/mol. The van der Waals surface area contributed by atoms with Crippen LogP contribution in [0.25, 0.3) is 0 Å². The van der Waals surface area contributed by atoms with Crippen molar-refractivity contribution in [1.82, 2.24) is 9.88 Å². The molecule has 1 aliphatic heterocycles. The highest BCUT2D eigenvalue weighted by Gasteiger charge is 2.33. The molecule has 0 radical (unpaired) electrons. The maximum atomic E-state index is 12.7. The molecule has 2 aromatic rings. The van der Waals surface area contributed by atoms with E-state index in [9.17, 15) is 9.59 Å². The van der Waals surface area contributed by atoms with Crippen LogP contribution < -0.4 is 10.1 Å². The van der Waals surface area contributed by atoms with Crippen LogP contribution in [0.4, 0.5) is 5.69 Å². The summed E-state index contributed by atoms with van der Waals surface area (Å²) in [6.07, 6.45) is 5.32. The van der Waals surface area contributed by atoms with E-state index in [1.54, 1.807) is 0 Å². The van der Waals surface area contributed by atoms with Gasteiger partial charge in [-0.15, -0.1) is 0 Å². The fraction of sp³-hybridized carbons (Fsp3) is 0.458. The number of amides is 2. The topological polar surface area (TPSA) is 71.5 Å². The van der Waals surface area contributed by atoms with Gasteiger partial charge in [0.2, 0.25) is 11.8 Å². The van der Waals surface area contributed by atoms with Crippen LogP contribution in [0.15, 0.2) is 36.4 Å². The molecular formula is C24H29N3O3. The highest BCUT2D eigenvalue weighted by Crippen LogP contribution is 2.34. The number of likely N-dealkylation sites (tertiary alicyclic amines) is 1. The summed E-state index contributed by atoms with van der Waals surface area (Å²) >= 11 is 0. The predicted octanol–water partition coefficient (Wildman–Crippen LogP) is 4.65. The molecule has 1 aromatic carbocycles. The van der Waals surface area contributed by atoms with Gasteiger partial charge < -0.3 is 15.0 Å². The lowest BCUT2D eigenvalue weighted by Crippen LogP contribution is -2.44. The number of rotatable bonds is 5. The normalized spacial score (nSPS) is 19.1. The van der Waals surface area contributed by atoms with Crippen molar-refractivity contribution in [2.75, 3.05) is 18.4 Å². The maximum Gasteiger partial charge on any atom is 0.225 e. The molecule has 2 amide bonds. The van der Waals surface area contributed by atoms with Gasteiger partial charge in [-0.2, -0.15) is 0 Å². The molecule has 0 spiro atoms. The van der Waals surface area contributed by atoms with Crippen LogP contribution in [0.5, 0.6) is 11.5 Å². The summed E-state index contributed by atoms with van der Waals surface area (Å²) in [5.74, 6) is 2.16. The zero-order chi connectivity index (χ0) is 21.1. The Hall–Kier alpha value is -2.89. The van der Waals surface area contributed by atoms with E-state index in [2.05, 4.69) is 5.32 Å². The summed E-state index contributed by atoms with van der Waals surface area (Å²) in [7, 11) is 0. The Balaban J connectivity index is 1.46. The number of carbonyl (C=O) groups is 2. The zero-order valence-electron chi connectivity index (χ0n) is 17.7. The molecule has 4 rings (SSSR count). The Morgan fingerprint density at radius 2 is 1.83 bits per heavy atom. The van der Waals surface area contributed by atoms with Crippen molar-refractivity contribution in [3.8, 4) is 11.5 Å². The fourth-order valence-corrected chi connectivity index (χ4v) is 4.21. The van der Waals surface area contributed by atoms with E-state index in [1.807, 2.05) is 48.2 Å². The molecule has 30 heavy (non-hydrogen) atoms. The molecule has 2 heterocycles. The number of hydrogen-bond acceptors (Lipinski definition) is 4. The molecule has 1 saturated heterocycles. The van der Waals surface area contributed by atoms with Crippen molar-refractivity contribution >= 4 is 17.5 Å². The highest BCUT2D eigenvalue weighted by atomic mass is 16.5. The molecule has 158 valence electrons. The Bertz CT molecular complexity index is 922. The number of carbonyl (C=O) groups excluding carboxylic acids is 2. The number of aryl methyl sites for hydroxylation is 1. The molecule has 0 bridgehead atoms. The number of anilines is 1. The molecule has 2 fully saturated rings. The minimum Gasteiger partial charge on any atom is -0.457 e. The Kier molecular flexibility index (Phi) is 6.02. The van der Waals surface area contributed by atoms with Crippen LogP contribution in [0, 0.1) is 12.8 Å². The van der Waals surface area contributed by atoms with Crippen molar-refractivity contribution in [2.45, 2.75) is 51.9 Å². The minimum atomic E-state index is -0.101. The van der Waals surface area contributed by atoms with Crippen LogP contribution in [0.2, 0.25) is 0 Å². The first-order valence-electron chi connectivity index (χ1n) is 10.8. The number of ether oxygens (including phenoxy) is 1. The van der Waals surface area contributed by atoms with Gasteiger partial charge in [-0.1, -0.05) is 6.42 Å². The molecule has 6 nitrogen and oxygen atoms in total. The molecule has 1 atom stereocenters. The molecule has 0 unspecified atom stereocenters. The second kappa shape index (κ2) is 8.86. The Labute approximate surface area is 177 Å². The average molecular weight is 408 g/mol. The largest absolute Gasteiger partial charge is 0.457 e. The van der Waals surface area contributed by atoms with E-state index in [4.69, 9.17) is 9.72 Å². The van der Waals surface area contributed by atoms with Gasteiger partial charge in [0.15, 0.2) is 0 Å². The van der Waals surface area contributed by atoms with Crippen molar-refractivity contribution in [2.24, 2.45) is 5.92 Å². The monoisotopic (exact) mass is 407 g/mol. The van der Waals surface area contributed by atoms with Crippen LogP contribution >= 0.6 is 0 Å². The lowest BCUT2D eigenvalue weighted by Gasteiger charge is -2.37. The standard InChI is InChI=1S/C24H29N3O3/c1-16-13-22(30-21-10-8-20(9-11-21)26-17(2)28)14-23(25-16)19-7-4-12-27(15-19)24(29)18-5-3-6-18/h8-11,13-14,18-19H,3-7,12,15H2,1-2H3,(H,26,28)/t19-/m1/s1. The lowest BCUT2D eigenvalue weighted by molar-refractivity contribution is -0.139. The van der Waals surface area contributed by atoms with Crippen LogP contribution in [0.1, 0.15) is 56.3 Å². The Morgan fingerprint density at radius 1 is 1.07 bits per heavy atom. The minimum absolute atomic E-state index is 0.101. The second-order valence-corrected chi connectivity index (χ2v) is 8.43. The van der Waals surface area contributed by atoms with E-state index in [-0.39, 0.29) is 17.7 Å². The zero-order valence-corrected chi connectivity index (χ0v) is 17.7. The quantitative estimate of drug-likeness (QED) is 0.783. The van der Waals surface area contributed by atoms with E-state index in [1.165, 1.54) is 13.3 Å². The van der Waals surface area contributed by atoms with Gasteiger partial charge in [0.1, 0.15) is 11.5 Å². The van der Waals surface area contributed by atoms with Crippen molar-refractivity contribution < 1.29 is 14.3 Å². The third kappa shape index (κ3) is 4.81. The van der Waals surface area contributed by atoms with Gasteiger partial charge in [0.05, 0.1) is 0 Å². The second-order valence-electron chi connectivity index (χ2n) is 8.43. The molecule has 2 aliphatic rings. The number of nitrogens with zero attached hydrogens (tertiary/aromatic N) is 2. The SMILES string of the molecule is CC(=O)Nc1ccc(Oc2cc(C)nc([C@@H]3CCCN(C(=O)C4CCC4)C3)c2)cc1. The van der Waals surface area contributed by atoms with E-state index in [0.29, 0.717) is 11.7 Å². The van der Waals surface area contributed by atoms with Gasteiger partial charge in [0.25, 0.3) is 0 Å². The third-order valence-corrected chi connectivity index (χ3v) is 5.96. The Morgan fingerprint density at radius 3 is 2.50 bits per heavy atom. The maximum absolute atomic E-state index is 12.7. The van der Waals surface area contributed by atoms with E-state index in [0.717, 1.165) is 61.6 Å². The third-order valence-electron chi connectivity index (χ3n) is 5.96. The summed E-state index contributed by atoms with van der Waals surface area (Å²) in [4.78, 5) is 30.6. The molecule has 1 N–H and O–H groups in total. The summed E-state index contributed by atoms with van der Waals surface area (Å²) in [6.45, 7) is 5.06. The molecule has 1 saturated carbocycles. The van der Waals surface area contributed by atoms with Gasteiger partial charge in [0, 0.05) is 61.1 Å². The van der Waals surface area contributed by atoms with E-state index < -0.39 is 0 Å². The molecule has 1 aliphatic carbocycles. The first-order valence-corrected chi connectivity index (χ1v) is 10.8. The average Bonchev–Trinajstić information content (AvgIpc) is 2.67. The van der Waals surface area contributed by atoms with Crippen molar-refractivity contribution in [3.63, 3.8) is 0 Å². The fourth-order valence-electron chi connectivity index (χ4n) is 4.21. The van der Waals surface area contributed by atoms with Gasteiger partial charge in [-0.05, 0) is 56.9 Å². The first kappa shape index (κ1) is 20.4. The smallest absolute Gasteiger partial charge is 0.225 e. The van der Waals surface area contributed by atoms with Crippen molar-refractivity contribution in [1.29, 1.82) is 0 Å². The van der Waals surface area contributed by atoms with Crippen molar-refractivity contribution in [3.05, 3.63) is 47.8 Å². The molecule has 6 heteroatoms. The van der Waals surface area contributed by atoms with Crippen LogP contribution in [0.3, 0.4) is 0 Å².